The lowest BCUT2D eigenvalue weighted by Crippen LogP contribution is -2.19. The van der Waals surface area contributed by atoms with E-state index < -0.39 is 12.1 Å². The van der Waals surface area contributed by atoms with Crippen LogP contribution in [0.2, 0.25) is 0 Å². The highest BCUT2D eigenvalue weighted by atomic mass is 127. The quantitative estimate of drug-likeness (QED) is 0.469. The van der Waals surface area contributed by atoms with Gasteiger partial charge in [0.05, 0.1) is 15.1 Å². The van der Waals surface area contributed by atoms with E-state index in [4.69, 9.17) is 11.6 Å². The summed E-state index contributed by atoms with van der Waals surface area (Å²) < 4.78 is 40.1. The van der Waals surface area contributed by atoms with Crippen LogP contribution in [0.3, 0.4) is 0 Å². The van der Waals surface area contributed by atoms with Gasteiger partial charge in [0.25, 0.3) is 0 Å². The Bertz CT molecular complexity index is 411. The third-order valence-electron chi connectivity index (χ3n) is 1.48. The number of aromatic nitrogens is 1. The highest BCUT2D eigenvalue weighted by Gasteiger charge is 2.33. The molecule has 0 unspecified atom stereocenters. The van der Waals surface area contributed by atoms with Gasteiger partial charge < -0.3 is 4.74 Å². The molecule has 0 aromatic carbocycles. The Morgan fingerprint density at radius 3 is 2.62 bits per heavy atom. The zero-order valence-corrected chi connectivity index (χ0v) is 10.4. The minimum absolute atomic E-state index is 0.00887. The van der Waals surface area contributed by atoms with E-state index in [-0.39, 0.29) is 20.8 Å². The van der Waals surface area contributed by atoms with E-state index in [1.807, 2.05) is 0 Å². The molecule has 0 saturated carbocycles. The van der Waals surface area contributed by atoms with Crippen LogP contribution >= 0.6 is 34.2 Å². The molecule has 1 aromatic heterocycles. The van der Waals surface area contributed by atoms with Gasteiger partial charge in [-0.05, 0) is 28.7 Å². The predicted molar refractivity (Wildman–Crippen MR) is 58.6 cm³/mol. The normalized spacial score (nSPS) is 11.3. The van der Waals surface area contributed by atoms with Crippen LogP contribution < -0.4 is 4.74 Å². The third kappa shape index (κ3) is 3.48. The SMILES string of the molecule is O=Cc1cc(I)c(OC(F)(F)F)c(CCl)n1. The number of hydrogen-bond acceptors (Lipinski definition) is 3. The number of carbonyl (C=O) groups excluding carboxylic acids is 1. The topological polar surface area (TPSA) is 39.2 Å². The van der Waals surface area contributed by atoms with Crippen LogP contribution in [0, 0.1) is 3.57 Å². The number of carbonyl (C=O) groups is 1. The van der Waals surface area contributed by atoms with Gasteiger partial charge in [0.15, 0.2) is 12.0 Å². The molecule has 0 bridgehead atoms. The first-order chi connectivity index (χ1) is 7.37. The van der Waals surface area contributed by atoms with E-state index in [0.29, 0.717) is 6.29 Å². The van der Waals surface area contributed by atoms with Gasteiger partial charge in [-0.15, -0.1) is 24.8 Å². The minimum Gasteiger partial charge on any atom is -0.403 e. The number of nitrogens with zero attached hydrogens (tertiary/aromatic N) is 1. The van der Waals surface area contributed by atoms with Gasteiger partial charge in [0.2, 0.25) is 0 Å². The lowest BCUT2D eigenvalue weighted by molar-refractivity contribution is -0.275. The van der Waals surface area contributed by atoms with E-state index >= 15 is 0 Å². The van der Waals surface area contributed by atoms with E-state index in [2.05, 4.69) is 9.72 Å². The number of ether oxygens (including phenoxy) is 1. The second-order valence-electron chi connectivity index (χ2n) is 2.60. The lowest BCUT2D eigenvalue weighted by Gasteiger charge is -2.13. The standard InChI is InChI=1S/C8H4ClF3INO2/c9-2-6-7(16-8(10,11)12)5(13)1-4(3-15)14-6/h1,3H,2H2. The van der Waals surface area contributed by atoms with Crippen molar-refractivity contribution >= 4 is 40.5 Å². The van der Waals surface area contributed by atoms with E-state index in [0.717, 1.165) is 0 Å². The fourth-order valence-corrected chi connectivity index (χ4v) is 1.87. The van der Waals surface area contributed by atoms with Crippen molar-refractivity contribution in [2.45, 2.75) is 12.2 Å². The molecular formula is C8H4ClF3INO2. The summed E-state index contributed by atoms with van der Waals surface area (Å²) in [5.41, 5.74) is -0.109. The van der Waals surface area contributed by atoms with Gasteiger partial charge in [0, 0.05) is 0 Å². The molecule has 0 saturated heterocycles. The number of aldehydes is 1. The van der Waals surface area contributed by atoms with Crippen LogP contribution in [0.1, 0.15) is 16.2 Å². The lowest BCUT2D eigenvalue weighted by atomic mass is 10.3. The molecule has 0 fully saturated rings. The smallest absolute Gasteiger partial charge is 0.403 e. The number of halogens is 5. The molecule has 3 nitrogen and oxygen atoms in total. The molecule has 16 heavy (non-hydrogen) atoms. The van der Waals surface area contributed by atoms with Crippen LogP contribution in [0.15, 0.2) is 6.07 Å². The van der Waals surface area contributed by atoms with Crippen molar-refractivity contribution < 1.29 is 22.7 Å². The summed E-state index contributed by atoms with van der Waals surface area (Å²) in [5.74, 6) is -0.739. The van der Waals surface area contributed by atoms with Gasteiger partial charge >= 0.3 is 6.36 Å². The Morgan fingerprint density at radius 1 is 1.56 bits per heavy atom. The maximum absolute atomic E-state index is 12.1. The molecule has 8 heteroatoms. The Morgan fingerprint density at radius 2 is 2.19 bits per heavy atom. The minimum atomic E-state index is -4.81. The van der Waals surface area contributed by atoms with Gasteiger partial charge in [0.1, 0.15) is 5.69 Å². The summed E-state index contributed by atoms with van der Waals surface area (Å²) >= 11 is 7.05. The molecule has 0 amide bonds. The van der Waals surface area contributed by atoms with Gasteiger partial charge in [-0.2, -0.15) is 0 Å². The Labute approximate surface area is 107 Å². The summed E-state index contributed by atoms with van der Waals surface area (Å²) in [4.78, 5) is 14.1. The van der Waals surface area contributed by atoms with Gasteiger partial charge in [-0.1, -0.05) is 0 Å². The molecule has 1 heterocycles. The average molecular weight is 365 g/mol. The first-order valence-electron chi connectivity index (χ1n) is 3.83. The maximum Gasteiger partial charge on any atom is 0.573 e. The van der Waals surface area contributed by atoms with Crippen LogP contribution in [0.4, 0.5) is 13.2 Å². The highest BCUT2D eigenvalue weighted by Crippen LogP contribution is 2.31. The molecule has 0 aliphatic heterocycles. The van der Waals surface area contributed by atoms with Gasteiger partial charge in [-0.3, -0.25) is 4.79 Å². The fourth-order valence-electron chi connectivity index (χ4n) is 0.946. The van der Waals surface area contributed by atoms with Crippen LogP contribution in [-0.2, 0) is 5.88 Å². The molecule has 0 spiro atoms. The van der Waals surface area contributed by atoms with Crippen molar-refractivity contribution in [1.82, 2.24) is 4.98 Å². The summed E-state index contributed by atoms with van der Waals surface area (Å²) in [7, 11) is 0. The molecule has 0 radical (unpaired) electrons. The van der Waals surface area contributed by atoms with Crippen molar-refractivity contribution in [2.75, 3.05) is 0 Å². The fraction of sp³-hybridized carbons (Fsp3) is 0.250. The summed E-state index contributed by atoms with van der Waals surface area (Å²) in [6.45, 7) is 0. The molecule has 0 N–H and O–H groups in total. The molecule has 0 atom stereocenters. The number of alkyl halides is 4. The van der Waals surface area contributed by atoms with Crippen LogP contribution in [0.5, 0.6) is 5.75 Å². The Balaban J connectivity index is 3.21. The van der Waals surface area contributed by atoms with Crippen molar-refractivity contribution in [3.63, 3.8) is 0 Å². The Kier molecular flexibility index (Phi) is 4.36. The van der Waals surface area contributed by atoms with E-state index in [9.17, 15) is 18.0 Å². The molecule has 1 rings (SSSR count). The zero-order chi connectivity index (χ0) is 12.3. The van der Waals surface area contributed by atoms with Crippen molar-refractivity contribution in [1.29, 1.82) is 0 Å². The first kappa shape index (κ1) is 13.5. The second kappa shape index (κ2) is 5.17. The maximum atomic E-state index is 12.1. The summed E-state index contributed by atoms with van der Waals surface area (Å²) in [6, 6.07) is 1.19. The van der Waals surface area contributed by atoms with Crippen molar-refractivity contribution in [3.8, 4) is 5.75 Å². The molecule has 0 aliphatic rings. The second-order valence-corrected chi connectivity index (χ2v) is 4.03. The molecular weight excluding hydrogens is 361 g/mol. The summed E-state index contributed by atoms with van der Waals surface area (Å²) in [5, 5.41) is 0. The molecule has 88 valence electrons. The van der Waals surface area contributed by atoms with E-state index in [1.165, 1.54) is 6.07 Å². The average Bonchev–Trinajstić information content (AvgIpc) is 2.19. The van der Waals surface area contributed by atoms with Crippen LogP contribution in [-0.4, -0.2) is 17.6 Å². The largest absolute Gasteiger partial charge is 0.573 e. The van der Waals surface area contributed by atoms with Crippen molar-refractivity contribution in [3.05, 3.63) is 21.0 Å². The van der Waals surface area contributed by atoms with Gasteiger partial charge in [-0.25, -0.2) is 4.98 Å². The van der Waals surface area contributed by atoms with Crippen LogP contribution in [0.25, 0.3) is 0 Å². The number of pyridine rings is 1. The monoisotopic (exact) mass is 365 g/mol. The first-order valence-corrected chi connectivity index (χ1v) is 5.45. The number of rotatable bonds is 3. The predicted octanol–water partition coefficient (Wildman–Crippen LogP) is 3.14. The Hall–Kier alpha value is -0.570. The van der Waals surface area contributed by atoms with E-state index in [1.54, 1.807) is 22.6 Å². The molecule has 0 aliphatic carbocycles. The third-order valence-corrected chi connectivity index (χ3v) is 2.54. The van der Waals surface area contributed by atoms with Crippen molar-refractivity contribution in [2.24, 2.45) is 0 Å². The number of hydrogen-bond donors (Lipinski definition) is 0. The molecule has 1 aromatic rings. The highest BCUT2D eigenvalue weighted by molar-refractivity contribution is 14.1. The summed E-state index contributed by atoms with van der Waals surface area (Å²) in [6.07, 6.45) is -4.39. The zero-order valence-electron chi connectivity index (χ0n) is 7.52.